The van der Waals surface area contributed by atoms with E-state index in [2.05, 4.69) is 38.1 Å². The molecule has 0 bridgehead atoms. The van der Waals surface area contributed by atoms with Crippen LogP contribution >= 0.6 is 0 Å². The van der Waals surface area contributed by atoms with Crippen molar-refractivity contribution in [3.05, 3.63) is 57.6 Å². The minimum Gasteiger partial charge on any atom is -0.490 e. The quantitative estimate of drug-likeness (QED) is 0.513. The fourth-order valence-corrected chi connectivity index (χ4v) is 7.51. The number of aryl methyl sites for hydroxylation is 2. The number of ether oxygens (including phenoxy) is 2. The van der Waals surface area contributed by atoms with Crippen LogP contribution in [-0.4, -0.2) is 24.3 Å². The number of nitrogens with two attached hydrogens (primary N) is 2. The van der Waals surface area contributed by atoms with Crippen LogP contribution in [0.3, 0.4) is 0 Å². The molecule has 0 unspecified atom stereocenters. The van der Waals surface area contributed by atoms with Crippen molar-refractivity contribution in [3.63, 3.8) is 0 Å². The first-order valence-electron chi connectivity index (χ1n) is 14.5. The van der Waals surface area contributed by atoms with Crippen LogP contribution in [0.5, 0.6) is 11.5 Å². The number of fused-ring (bicyclic) bond motifs is 4. The standard InChI is InChI=1S/2C16H21NO.CH4/c2*1-10-2-3-14(18-12-8-11(17)9-12)15-13(10)4-5-16(15)6-7-16;/h2*2-3,11-12H,4-9,17H2,1H3;1H4. The lowest BCUT2D eigenvalue weighted by Gasteiger charge is -2.33. The summed E-state index contributed by atoms with van der Waals surface area (Å²) in [6.45, 7) is 4.48. The third-order valence-corrected chi connectivity index (χ3v) is 10.3. The lowest BCUT2D eigenvalue weighted by Crippen LogP contribution is -2.43. The Morgan fingerprint density at radius 1 is 0.622 bits per heavy atom. The van der Waals surface area contributed by atoms with Gasteiger partial charge in [-0.15, -0.1) is 0 Å². The molecule has 0 aromatic heterocycles. The number of hydrogen-bond donors (Lipinski definition) is 2. The van der Waals surface area contributed by atoms with E-state index in [1.54, 1.807) is 22.3 Å². The van der Waals surface area contributed by atoms with Gasteiger partial charge in [0.2, 0.25) is 0 Å². The minimum absolute atomic E-state index is 0. The van der Waals surface area contributed by atoms with Crippen LogP contribution in [0.4, 0.5) is 0 Å². The Labute approximate surface area is 223 Å². The molecule has 2 aromatic rings. The Kier molecular flexibility index (Phi) is 6.15. The molecule has 4 nitrogen and oxygen atoms in total. The highest BCUT2D eigenvalue weighted by atomic mass is 16.5. The molecule has 0 saturated heterocycles. The molecule has 0 radical (unpaired) electrons. The molecule has 0 atom stereocenters. The molecule has 0 aliphatic heterocycles. The molecule has 2 spiro atoms. The zero-order valence-electron chi connectivity index (χ0n) is 22.1. The smallest absolute Gasteiger partial charge is 0.123 e. The van der Waals surface area contributed by atoms with Gasteiger partial charge >= 0.3 is 0 Å². The second-order valence-electron chi connectivity index (χ2n) is 13.0. The summed E-state index contributed by atoms with van der Waals surface area (Å²) in [5, 5.41) is 0. The van der Waals surface area contributed by atoms with Crippen molar-refractivity contribution in [2.24, 2.45) is 11.5 Å². The lowest BCUT2D eigenvalue weighted by molar-refractivity contribution is 0.0990. The second-order valence-corrected chi connectivity index (χ2v) is 13.0. The molecule has 2 aromatic carbocycles. The predicted molar refractivity (Wildman–Crippen MR) is 151 cm³/mol. The van der Waals surface area contributed by atoms with Crippen LogP contribution in [-0.2, 0) is 23.7 Å². The highest BCUT2D eigenvalue weighted by Gasteiger charge is 2.52. The van der Waals surface area contributed by atoms with E-state index in [9.17, 15) is 0 Å². The molecular weight excluding hydrogens is 456 g/mol. The van der Waals surface area contributed by atoms with Gasteiger partial charge in [-0.05, 0) is 136 Å². The molecule has 8 rings (SSSR count). The van der Waals surface area contributed by atoms with Crippen molar-refractivity contribution in [3.8, 4) is 11.5 Å². The third-order valence-electron chi connectivity index (χ3n) is 10.3. The lowest BCUT2D eigenvalue weighted by atomic mass is 9.89. The van der Waals surface area contributed by atoms with Crippen LogP contribution in [0.15, 0.2) is 24.3 Å². The Morgan fingerprint density at radius 3 is 1.32 bits per heavy atom. The third kappa shape index (κ3) is 4.29. The van der Waals surface area contributed by atoms with Crippen molar-refractivity contribution in [2.75, 3.05) is 0 Å². The summed E-state index contributed by atoms with van der Waals surface area (Å²) < 4.78 is 12.4. The summed E-state index contributed by atoms with van der Waals surface area (Å²) in [6.07, 6.45) is 15.5. The van der Waals surface area contributed by atoms with Gasteiger partial charge in [0.15, 0.2) is 0 Å². The molecule has 200 valence electrons. The summed E-state index contributed by atoms with van der Waals surface area (Å²) in [4.78, 5) is 0. The van der Waals surface area contributed by atoms with Crippen LogP contribution in [0.2, 0.25) is 0 Å². The first-order valence-corrected chi connectivity index (χ1v) is 14.5. The van der Waals surface area contributed by atoms with Gasteiger partial charge < -0.3 is 20.9 Å². The van der Waals surface area contributed by atoms with E-state index >= 15 is 0 Å². The van der Waals surface area contributed by atoms with E-state index in [4.69, 9.17) is 20.9 Å². The topological polar surface area (TPSA) is 70.5 Å². The average Bonchev–Trinajstić information content (AvgIpc) is 3.68. The average molecular weight is 503 g/mol. The first kappa shape index (κ1) is 25.2. The summed E-state index contributed by atoms with van der Waals surface area (Å²) in [7, 11) is 0. The summed E-state index contributed by atoms with van der Waals surface area (Å²) in [6, 6.07) is 9.58. The molecule has 0 amide bonds. The first-order chi connectivity index (χ1) is 17.4. The zero-order chi connectivity index (χ0) is 24.7. The van der Waals surface area contributed by atoms with E-state index in [1.165, 1.54) is 74.0 Å². The van der Waals surface area contributed by atoms with Gasteiger partial charge in [0.25, 0.3) is 0 Å². The Balaban J connectivity index is 0.000000133. The summed E-state index contributed by atoms with van der Waals surface area (Å²) in [5.74, 6) is 2.34. The van der Waals surface area contributed by atoms with Crippen LogP contribution in [0, 0.1) is 13.8 Å². The molecular formula is C33H46N2O2. The van der Waals surface area contributed by atoms with Gasteiger partial charge in [0, 0.05) is 23.2 Å². The molecule has 6 aliphatic carbocycles. The Hall–Kier alpha value is -2.04. The van der Waals surface area contributed by atoms with E-state index in [1.807, 2.05) is 0 Å². The fourth-order valence-electron chi connectivity index (χ4n) is 7.51. The highest BCUT2D eigenvalue weighted by molar-refractivity contribution is 5.56. The van der Waals surface area contributed by atoms with Crippen molar-refractivity contribution >= 4 is 0 Å². The maximum absolute atomic E-state index is 6.21. The van der Waals surface area contributed by atoms with Crippen molar-refractivity contribution < 1.29 is 9.47 Å². The Bertz CT molecular complexity index is 1090. The monoisotopic (exact) mass is 502 g/mol. The van der Waals surface area contributed by atoms with Gasteiger partial charge in [0.05, 0.1) is 0 Å². The van der Waals surface area contributed by atoms with Gasteiger partial charge in [0.1, 0.15) is 23.7 Å². The van der Waals surface area contributed by atoms with Crippen molar-refractivity contribution in [2.45, 2.75) is 133 Å². The van der Waals surface area contributed by atoms with Gasteiger partial charge in [-0.2, -0.15) is 0 Å². The fraction of sp³-hybridized carbons (Fsp3) is 0.636. The van der Waals surface area contributed by atoms with Crippen LogP contribution < -0.4 is 20.9 Å². The largest absolute Gasteiger partial charge is 0.490 e. The van der Waals surface area contributed by atoms with E-state index < -0.39 is 0 Å². The molecule has 0 heterocycles. The van der Waals surface area contributed by atoms with E-state index in [-0.39, 0.29) is 7.43 Å². The predicted octanol–water partition coefficient (Wildman–Crippen LogP) is 6.32. The zero-order valence-corrected chi connectivity index (χ0v) is 22.1. The number of benzene rings is 2. The minimum atomic E-state index is 0. The maximum Gasteiger partial charge on any atom is 0.123 e. The second kappa shape index (κ2) is 9.02. The molecule has 37 heavy (non-hydrogen) atoms. The SMILES string of the molecule is C.Cc1ccc(OC2CC(N)C2)c2c1CCC21CC1.Cc1ccc(OC2CC(N)C2)c2c1CCC21CC1. The van der Waals surface area contributed by atoms with Gasteiger partial charge in [-0.25, -0.2) is 0 Å². The summed E-state index contributed by atoms with van der Waals surface area (Å²) in [5.41, 5.74) is 21.9. The van der Waals surface area contributed by atoms with Gasteiger partial charge in [-0.3, -0.25) is 0 Å². The van der Waals surface area contributed by atoms with Gasteiger partial charge in [-0.1, -0.05) is 19.6 Å². The van der Waals surface area contributed by atoms with Crippen molar-refractivity contribution in [1.82, 2.24) is 0 Å². The molecule has 4 saturated carbocycles. The van der Waals surface area contributed by atoms with Crippen LogP contribution in [0.1, 0.15) is 105 Å². The maximum atomic E-state index is 6.21. The van der Waals surface area contributed by atoms with E-state index in [0.717, 1.165) is 25.7 Å². The van der Waals surface area contributed by atoms with Crippen LogP contribution in [0.25, 0.3) is 0 Å². The number of rotatable bonds is 4. The summed E-state index contributed by atoms with van der Waals surface area (Å²) >= 11 is 0. The molecule has 4 N–H and O–H groups in total. The van der Waals surface area contributed by atoms with E-state index in [0.29, 0.717) is 35.1 Å². The Morgan fingerprint density at radius 2 is 1.00 bits per heavy atom. The normalized spacial score (nSPS) is 30.2. The van der Waals surface area contributed by atoms with Crippen molar-refractivity contribution in [1.29, 1.82) is 0 Å². The highest BCUT2D eigenvalue weighted by Crippen LogP contribution is 2.61. The molecule has 4 heteroatoms. The molecule has 6 aliphatic rings. The molecule has 4 fully saturated rings. The number of hydrogen-bond acceptors (Lipinski definition) is 4.